The van der Waals surface area contributed by atoms with Gasteiger partial charge in [0, 0.05) is 21.4 Å². The second kappa shape index (κ2) is 12.8. The molecule has 1 atom stereocenters. The predicted molar refractivity (Wildman–Crippen MR) is 165 cm³/mol. The zero-order valence-electron chi connectivity index (χ0n) is 22.6. The van der Waals surface area contributed by atoms with Crippen molar-refractivity contribution in [1.29, 1.82) is 0 Å². The van der Waals surface area contributed by atoms with Crippen LogP contribution < -0.4 is 15.6 Å². The molecule has 1 aliphatic rings. The summed E-state index contributed by atoms with van der Waals surface area (Å²) in [6, 6.07) is 15.9. The molecule has 1 fully saturated rings. The van der Waals surface area contributed by atoms with Crippen LogP contribution in [0.2, 0.25) is 20.1 Å². The van der Waals surface area contributed by atoms with Crippen LogP contribution in [0.1, 0.15) is 26.3 Å². The molecule has 14 heteroatoms. The van der Waals surface area contributed by atoms with E-state index in [2.05, 4.69) is 15.8 Å². The molecular weight excluding hydrogens is 626 g/mol. The van der Waals surface area contributed by atoms with E-state index in [0.29, 0.717) is 47.8 Å². The number of benzene rings is 3. The SMILES string of the molecule is C/C(=N\NC(=O)CN1C(=O)N(c2ccc(Cl)cc2)[C@@H](N(O)C(=O)Nc2ccc(Cl)cc2)C1(C)C)c1ccc(Cl)c(Cl)c1. The second-order valence-electron chi connectivity index (χ2n) is 9.89. The minimum atomic E-state index is -1.28. The number of rotatable bonds is 7. The molecular formula is C28H26Cl4N6O4. The number of hydroxylamine groups is 2. The molecule has 1 saturated heterocycles. The predicted octanol–water partition coefficient (Wildman–Crippen LogP) is 7.11. The first kappa shape index (κ1) is 31.4. The molecule has 10 nitrogen and oxygen atoms in total. The van der Waals surface area contributed by atoms with Gasteiger partial charge < -0.3 is 10.2 Å². The monoisotopic (exact) mass is 650 g/mol. The van der Waals surface area contributed by atoms with Gasteiger partial charge in [0.15, 0.2) is 6.17 Å². The lowest BCUT2D eigenvalue weighted by molar-refractivity contribution is -0.124. The van der Waals surface area contributed by atoms with Crippen molar-refractivity contribution in [3.8, 4) is 0 Å². The molecule has 0 aromatic heterocycles. The van der Waals surface area contributed by atoms with Crippen LogP contribution in [0.5, 0.6) is 0 Å². The Morgan fingerprint density at radius 1 is 0.952 bits per heavy atom. The number of amides is 5. The van der Waals surface area contributed by atoms with E-state index in [1.165, 1.54) is 9.80 Å². The average Bonchev–Trinajstić information content (AvgIpc) is 3.14. The van der Waals surface area contributed by atoms with Crippen LogP contribution in [-0.4, -0.2) is 57.1 Å². The van der Waals surface area contributed by atoms with Gasteiger partial charge in [0.2, 0.25) is 0 Å². The number of nitrogens with zero attached hydrogens (tertiary/aromatic N) is 4. The van der Waals surface area contributed by atoms with Crippen molar-refractivity contribution in [2.24, 2.45) is 5.10 Å². The van der Waals surface area contributed by atoms with Gasteiger partial charge in [0.25, 0.3) is 5.91 Å². The van der Waals surface area contributed by atoms with Gasteiger partial charge in [0.1, 0.15) is 6.54 Å². The minimum absolute atomic E-state index is 0.335. The zero-order valence-corrected chi connectivity index (χ0v) is 25.6. The van der Waals surface area contributed by atoms with Crippen molar-refractivity contribution < 1.29 is 19.6 Å². The number of urea groups is 2. The lowest BCUT2D eigenvalue weighted by Gasteiger charge is -2.38. The fraction of sp³-hybridized carbons (Fsp3) is 0.214. The summed E-state index contributed by atoms with van der Waals surface area (Å²) in [6.07, 6.45) is -1.26. The van der Waals surface area contributed by atoms with Crippen LogP contribution in [-0.2, 0) is 4.79 Å². The van der Waals surface area contributed by atoms with E-state index in [0.717, 1.165) is 0 Å². The summed E-state index contributed by atoms with van der Waals surface area (Å²) in [7, 11) is 0. The summed E-state index contributed by atoms with van der Waals surface area (Å²) >= 11 is 24.0. The van der Waals surface area contributed by atoms with Gasteiger partial charge in [0.05, 0.1) is 21.3 Å². The number of hydrogen-bond acceptors (Lipinski definition) is 5. The standard InChI is InChI=1S/C28H26Cl4N6O4/c1-16(17-4-13-22(31)23(32)14-17)34-35-24(39)15-36-27(41)37(21-11-7-19(30)8-12-21)25(28(36,2)3)38(42)26(40)33-20-9-5-18(29)6-10-20/h4-14,25,42H,15H2,1-3H3,(H,33,40)(H,35,39)/b34-16+/t25-/m0/s1. The van der Waals surface area contributed by atoms with E-state index >= 15 is 0 Å². The average molecular weight is 652 g/mol. The first-order valence-electron chi connectivity index (χ1n) is 12.5. The molecule has 4 rings (SSSR count). The quantitative estimate of drug-likeness (QED) is 0.143. The summed E-state index contributed by atoms with van der Waals surface area (Å²) in [6.45, 7) is 4.49. The first-order chi connectivity index (χ1) is 19.8. The van der Waals surface area contributed by atoms with Crippen molar-refractivity contribution in [3.05, 3.63) is 92.4 Å². The Kier molecular flexibility index (Phi) is 9.54. The van der Waals surface area contributed by atoms with Crippen LogP contribution >= 0.6 is 46.4 Å². The van der Waals surface area contributed by atoms with Crippen LogP contribution in [0.4, 0.5) is 21.0 Å². The van der Waals surface area contributed by atoms with Crippen molar-refractivity contribution in [2.45, 2.75) is 32.5 Å². The zero-order chi connectivity index (χ0) is 30.8. The van der Waals surface area contributed by atoms with E-state index in [9.17, 15) is 19.6 Å². The van der Waals surface area contributed by atoms with Crippen LogP contribution in [0.25, 0.3) is 0 Å². The number of hydrogen-bond donors (Lipinski definition) is 3. The Labute approximate surface area is 262 Å². The Morgan fingerprint density at radius 2 is 1.55 bits per heavy atom. The maximum atomic E-state index is 13.8. The van der Waals surface area contributed by atoms with Gasteiger partial charge >= 0.3 is 12.1 Å². The lowest BCUT2D eigenvalue weighted by Crippen LogP contribution is -2.58. The molecule has 0 aliphatic carbocycles. The van der Waals surface area contributed by atoms with Crippen molar-refractivity contribution in [1.82, 2.24) is 15.4 Å². The molecule has 42 heavy (non-hydrogen) atoms. The highest BCUT2D eigenvalue weighted by molar-refractivity contribution is 6.42. The van der Waals surface area contributed by atoms with E-state index in [4.69, 9.17) is 46.4 Å². The fourth-order valence-electron chi connectivity index (χ4n) is 4.41. The van der Waals surface area contributed by atoms with Crippen molar-refractivity contribution >= 4 is 81.5 Å². The largest absolute Gasteiger partial charge is 0.347 e. The van der Waals surface area contributed by atoms with Gasteiger partial charge in [-0.3, -0.25) is 14.9 Å². The summed E-state index contributed by atoms with van der Waals surface area (Å²) in [5.74, 6) is -0.609. The third-order valence-corrected chi connectivity index (χ3v) is 7.88. The highest BCUT2D eigenvalue weighted by Crippen LogP contribution is 2.38. The molecule has 5 amide bonds. The van der Waals surface area contributed by atoms with Crippen LogP contribution in [0.15, 0.2) is 71.8 Å². The number of halogens is 4. The molecule has 3 aromatic carbocycles. The molecule has 0 saturated carbocycles. The Balaban J connectivity index is 1.59. The van der Waals surface area contributed by atoms with Crippen LogP contribution in [0.3, 0.4) is 0 Å². The van der Waals surface area contributed by atoms with Crippen LogP contribution in [0, 0.1) is 0 Å². The summed E-state index contributed by atoms with van der Waals surface area (Å²) in [5, 5.41) is 19.9. The number of nitrogens with one attached hydrogen (secondary N) is 2. The normalized spacial score (nSPS) is 16.4. The second-order valence-corrected chi connectivity index (χ2v) is 11.6. The molecule has 0 bridgehead atoms. The smallest absolute Gasteiger partial charge is 0.306 e. The molecule has 1 aliphatic heterocycles. The van der Waals surface area contributed by atoms with Gasteiger partial charge in [-0.15, -0.1) is 0 Å². The fourth-order valence-corrected chi connectivity index (χ4v) is 4.96. The number of anilines is 2. The van der Waals surface area contributed by atoms with E-state index in [-0.39, 0.29) is 0 Å². The summed E-state index contributed by atoms with van der Waals surface area (Å²) in [5.41, 5.74) is 2.97. The maximum absolute atomic E-state index is 13.8. The summed E-state index contributed by atoms with van der Waals surface area (Å²) in [4.78, 5) is 42.4. The molecule has 220 valence electrons. The number of carbonyl (C=O) groups is 3. The maximum Gasteiger partial charge on any atom is 0.347 e. The lowest BCUT2D eigenvalue weighted by atomic mass is 9.99. The topological polar surface area (TPSA) is 118 Å². The third kappa shape index (κ3) is 6.74. The van der Waals surface area contributed by atoms with Crippen molar-refractivity contribution in [2.75, 3.05) is 16.8 Å². The Hall–Kier alpha value is -3.54. The van der Waals surface area contributed by atoms with E-state index in [1.807, 2.05) is 0 Å². The molecule has 3 N–H and O–H groups in total. The first-order valence-corrected chi connectivity index (χ1v) is 14.0. The number of hydrazone groups is 1. The van der Waals surface area contributed by atoms with E-state index < -0.39 is 36.2 Å². The number of carbonyl (C=O) groups excluding carboxylic acids is 3. The van der Waals surface area contributed by atoms with Crippen molar-refractivity contribution in [3.63, 3.8) is 0 Å². The van der Waals surface area contributed by atoms with Gasteiger partial charge in [-0.1, -0.05) is 52.5 Å². The van der Waals surface area contributed by atoms with Gasteiger partial charge in [-0.05, 0) is 87.0 Å². The van der Waals surface area contributed by atoms with Gasteiger partial charge in [-0.2, -0.15) is 10.2 Å². The Morgan fingerprint density at radius 3 is 2.14 bits per heavy atom. The van der Waals surface area contributed by atoms with E-state index in [1.54, 1.807) is 87.5 Å². The molecule has 0 unspecified atom stereocenters. The highest BCUT2D eigenvalue weighted by Gasteiger charge is 2.56. The molecule has 0 spiro atoms. The molecule has 0 radical (unpaired) electrons. The Bertz CT molecular complexity index is 1530. The van der Waals surface area contributed by atoms with Gasteiger partial charge in [-0.25, -0.2) is 15.0 Å². The third-order valence-electron chi connectivity index (χ3n) is 6.64. The minimum Gasteiger partial charge on any atom is -0.306 e. The molecule has 3 aromatic rings. The summed E-state index contributed by atoms with van der Waals surface area (Å²) < 4.78 is 0. The highest BCUT2D eigenvalue weighted by atomic mass is 35.5. The molecule has 1 heterocycles.